The minimum absolute atomic E-state index is 0.0119. The van der Waals surface area contributed by atoms with Crippen LogP contribution < -0.4 is 0 Å². The first-order valence-electron chi connectivity index (χ1n) is 3.88. The first-order valence-corrected chi connectivity index (χ1v) is 3.88. The average molecular weight is 153 g/mol. The Hall–Kier alpha value is -0.830. The molecule has 3 heteroatoms. The molecule has 1 N–H and O–H groups in total. The molecule has 0 atom stereocenters. The highest BCUT2D eigenvalue weighted by molar-refractivity contribution is 5.11. The first-order chi connectivity index (χ1) is 5.31. The molecule has 0 unspecified atom stereocenters. The Labute approximate surface area is 65.1 Å². The molecule has 1 aromatic rings. The third kappa shape index (κ3) is 1.16. The Kier molecular flexibility index (Phi) is 1.46. The number of aliphatic hydroxyl groups excluding tert-OH is 1. The lowest BCUT2D eigenvalue weighted by molar-refractivity contribution is 0.275. The van der Waals surface area contributed by atoms with Gasteiger partial charge in [-0.15, -0.1) is 0 Å². The lowest BCUT2D eigenvalue weighted by atomic mass is 10.4. The molecule has 11 heavy (non-hydrogen) atoms. The van der Waals surface area contributed by atoms with Gasteiger partial charge in [0.05, 0.1) is 6.61 Å². The Morgan fingerprint density at radius 3 is 2.82 bits per heavy atom. The van der Waals surface area contributed by atoms with Gasteiger partial charge in [0, 0.05) is 5.92 Å². The van der Waals surface area contributed by atoms with Crippen LogP contribution in [0.25, 0.3) is 0 Å². The van der Waals surface area contributed by atoms with Crippen molar-refractivity contribution in [2.45, 2.75) is 32.3 Å². The second-order valence-electron chi connectivity index (χ2n) is 2.99. The summed E-state index contributed by atoms with van der Waals surface area (Å²) in [5, 5.41) is 8.81. The van der Waals surface area contributed by atoms with Crippen molar-refractivity contribution in [3.63, 3.8) is 0 Å². The fourth-order valence-electron chi connectivity index (χ4n) is 1.10. The van der Waals surface area contributed by atoms with Gasteiger partial charge >= 0.3 is 0 Å². The molecule has 0 radical (unpaired) electrons. The van der Waals surface area contributed by atoms with Crippen LogP contribution in [0.15, 0.2) is 4.42 Å². The van der Waals surface area contributed by atoms with E-state index in [-0.39, 0.29) is 6.61 Å². The highest BCUT2D eigenvalue weighted by atomic mass is 16.4. The standard InChI is InChI=1S/C8H11NO2/c1-5-7(4-10)9-8(11-5)6-2-3-6/h6,10H,2-4H2,1H3. The Balaban J connectivity index is 2.28. The number of hydrogen-bond donors (Lipinski definition) is 1. The maximum absolute atomic E-state index is 8.81. The van der Waals surface area contributed by atoms with Gasteiger partial charge in [-0.25, -0.2) is 4.98 Å². The van der Waals surface area contributed by atoms with Gasteiger partial charge in [0.1, 0.15) is 11.5 Å². The molecule has 1 aromatic heterocycles. The molecule has 0 saturated heterocycles. The van der Waals surface area contributed by atoms with Crippen molar-refractivity contribution in [3.05, 3.63) is 17.3 Å². The molecule has 1 saturated carbocycles. The van der Waals surface area contributed by atoms with Crippen molar-refractivity contribution in [3.8, 4) is 0 Å². The van der Waals surface area contributed by atoms with E-state index in [1.54, 1.807) is 0 Å². The summed E-state index contributed by atoms with van der Waals surface area (Å²) in [6.07, 6.45) is 2.37. The lowest BCUT2D eigenvalue weighted by Crippen LogP contribution is -1.85. The van der Waals surface area contributed by atoms with E-state index in [9.17, 15) is 0 Å². The molecule has 60 valence electrons. The second kappa shape index (κ2) is 2.34. The largest absolute Gasteiger partial charge is 0.445 e. The van der Waals surface area contributed by atoms with Crippen LogP contribution >= 0.6 is 0 Å². The molecule has 1 aliphatic carbocycles. The van der Waals surface area contributed by atoms with E-state index in [0.29, 0.717) is 11.6 Å². The molecule has 0 amide bonds. The number of hydrogen-bond acceptors (Lipinski definition) is 3. The molecular weight excluding hydrogens is 142 g/mol. The van der Waals surface area contributed by atoms with Gasteiger partial charge in [0.25, 0.3) is 0 Å². The molecule has 0 bridgehead atoms. The number of nitrogens with zero attached hydrogens (tertiary/aromatic N) is 1. The monoisotopic (exact) mass is 153 g/mol. The highest BCUT2D eigenvalue weighted by Crippen LogP contribution is 2.39. The molecule has 1 fully saturated rings. The highest BCUT2D eigenvalue weighted by Gasteiger charge is 2.29. The van der Waals surface area contributed by atoms with Gasteiger partial charge in [-0.2, -0.15) is 0 Å². The molecule has 0 spiro atoms. The predicted molar refractivity (Wildman–Crippen MR) is 39.1 cm³/mol. The number of aliphatic hydroxyl groups is 1. The van der Waals surface area contributed by atoms with Crippen LogP contribution in [0.3, 0.4) is 0 Å². The SMILES string of the molecule is Cc1oc(C2CC2)nc1CO. The third-order valence-corrected chi connectivity index (χ3v) is 1.99. The summed E-state index contributed by atoms with van der Waals surface area (Å²) < 4.78 is 5.36. The quantitative estimate of drug-likeness (QED) is 0.697. The minimum Gasteiger partial charge on any atom is -0.445 e. The zero-order chi connectivity index (χ0) is 7.84. The van der Waals surface area contributed by atoms with E-state index in [0.717, 1.165) is 11.7 Å². The van der Waals surface area contributed by atoms with Gasteiger partial charge in [0.2, 0.25) is 0 Å². The van der Waals surface area contributed by atoms with E-state index >= 15 is 0 Å². The van der Waals surface area contributed by atoms with Crippen LogP contribution in [0.1, 0.15) is 36.1 Å². The normalized spacial score (nSPS) is 17.3. The summed E-state index contributed by atoms with van der Waals surface area (Å²) >= 11 is 0. The van der Waals surface area contributed by atoms with Crippen molar-refractivity contribution in [1.82, 2.24) is 4.98 Å². The molecule has 3 nitrogen and oxygen atoms in total. The van der Waals surface area contributed by atoms with Crippen molar-refractivity contribution < 1.29 is 9.52 Å². The molecule has 0 aromatic carbocycles. The van der Waals surface area contributed by atoms with Gasteiger partial charge < -0.3 is 9.52 Å². The maximum Gasteiger partial charge on any atom is 0.197 e. The number of aromatic nitrogens is 1. The van der Waals surface area contributed by atoms with Crippen molar-refractivity contribution >= 4 is 0 Å². The Morgan fingerprint density at radius 2 is 2.36 bits per heavy atom. The summed E-state index contributed by atoms with van der Waals surface area (Å²) in [5.41, 5.74) is 0.687. The van der Waals surface area contributed by atoms with E-state index in [1.807, 2.05) is 6.92 Å². The topological polar surface area (TPSA) is 46.3 Å². The predicted octanol–water partition coefficient (Wildman–Crippen LogP) is 1.35. The average Bonchev–Trinajstić information content (AvgIpc) is 2.76. The Morgan fingerprint density at radius 1 is 1.64 bits per heavy atom. The van der Waals surface area contributed by atoms with Gasteiger partial charge in [-0.05, 0) is 19.8 Å². The van der Waals surface area contributed by atoms with Gasteiger partial charge in [-0.1, -0.05) is 0 Å². The van der Waals surface area contributed by atoms with Crippen molar-refractivity contribution in [1.29, 1.82) is 0 Å². The summed E-state index contributed by atoms with van der Waals surface area (Å²) in [5.74, 6) is 2.11. The molecule has 1 aliphatic rings. The van der Waals surface area contributed by atoms with Crippen molar-refractivity contribution in [2.24, 2.45) is 0 Å². The van der Waals surface area contributed by atoms with Crippen LogP contribution in [0, 0.1) is 6.92 Å². The summed E-state index contributed by atoms with van der Waals surface area (Å²) in [4.78, 5) is 4.17. The van der Waals surface area contributed by atoms with E-state index in [1.165, 1.54) is 12.8 Å². The number of rotatable bonds is 2. The van der Waals surface area contributed by atoms with Crippen LogP contribution in [-0.4, -0.2) is 10.1 Å². The zero-order valence-electron chi connectivity index (χ0n) is 6.50. The summed E-state index contributed by atoms with van der Waals surface area (Å²) in [6, 6.07) is 0. The third-order valence-electron chi connectivity index (χ3n) is 1.99. The van der Waals surface area contributed by atoms with Crippen LogP contribution in [0.4, 0.5) is 0 Å². The van der Waals surface area contributed by atoms with Crippen LogP contribution in [0.2, 0.25) is 0 Å². The summed E-state index contributed by atoms with van der Waals surface area (Å²) in [7, 11) is 0. The van der Waals surface area contributed by atoms with Crippen LogP contribution in [-0.2, 0) is 6.61 Å². The minimum atomic E-state index is -0.0119. The molecular formula is C8H11NO2. The number of oxazole rings is 1. The molecule has 1 heterocycles. The molecule has 2 rings (SSSR count). The Bertz CT molecular complexity index is 263. The van der Waals surface area contributed by atoms with Gasteiger partial charge in [-0.3, -0.25) is 0 Å². The van der Waals surface area contributed by atoms with Gasteiger partial charge in [0.15, 0.2) is 5.89 Å². The second-order valence-corrected chi connectivity index (χ2v) is 2.99. The first kappa shape index (κ1) is 6.85. The number of aryl methyl sites for hydroxylation is 1. The maximum atomic E-state index is 8.81. The smallest absolute Gasteiger partial charge is 0.197 e. The summed E-state index contributed by atoms with van der Waals surface area (Å²) in [6.45, 7) is 1.83. The molecule has 0 aliphatic heterocycles. The van der Waals surface area contributed by atoms with Crippen LogP contribution in [0.5, 0.6) is 0 Å². The van der Waals surface area contributed by atoms with Crippen molar-refractivity contribution in [2.75, 3.05) is 0 Å². The van der Waals surface area contributed by atoms with E-state index in [4.69, 9.17) is 9.52 Å². The zero-order valence-corrected chi connectivity index (χ0v) is 6.50. The fraction of sp³-hybridized carbons (Fsp3) is 0.625. The van der Waals surface area contributed by atoms with E-state index in [2.05, 4.69) is 4.98 Å². The fourth-order valence-corrected chi connectivity index (χ4v) is 1.10. The van der Waals surface area contributed by atoms with E-state index < -0.39 is 0 Å². The lowest BCUT2D eigenvalue weighted by Gasteiger charge is -1.83.